The molecular formula is C13H19F3N4OS. The van der Waals surface area contributed by atoms with E-state index in [1.54, 1.807) is 0 Å². The summed E-state index contributed by atoms with van der Waals surface area (Å²) in [4.78, 5) is 9.94. The van der Waals surface area contributed by atoms with Crippen molar-refractivity contribution in [2.45, 2.75) is 38.6 Å². The van der Waals surface area contributed by atoms with Crippen molar-refractivity contribution in [2.75, 3.05) is 19.6 Å². The lowest BCUT2D eigenvalue weighted by Crippen LogP contribution is -2.46. The second-order valence-corrected chi connectivity index (χ2v) is 5.96. The molecule has 0 saturated carbocycles. The highest BCUT2D eigenvalue weighted by atomic mass is 32.1. The van der Waals surface area contributed by atoms with Crippen LogP contribution in [0.1, 0.15) is 30.5 Å². The van der Waals surface area contributed by atoms with Crippen LogP contribution >= 0.6 is 11.3 Å². The van der Waals surface area contributed by atoms with Crippen molar-refractivity contribution in [3.8, 4) is 0 Å². The predicted molar refractivity (Wildman–Crippen MR) is 78.7 cm³/mol. The van der Waals surface area contributed by atoms with Crippen LogP contribution in [0.3, 0.4) is 0 Å². The molecule has 9 heteroatoms. The highest BCUT2D eigenvalue weighted by molar-refractivity contribution is 7.09. The molecule has 2 N–H and O–H groups in total. The summed E-state index contributed by atoms with van der Waals surface area (Å²) in [7, 11) is 0. The summed E-state index contributed by atoms with van der Waals surface area (Å²) in [6.45, 7) is 4.07. The average Bonchev–Trinajstić information content (AvgIpc) is 2.93. The van der Waals surface area contributed by atoms with E-state index in [0.29, 0.717) is 43.4 Å². The number of aliphatic imine (C=N–C) groups is 1. The Morgan fingerprint density at radius 2 is 2.18 bits per heavy atom. The normalized spacial score (nSPS) is 17.9. The van der Waals surface area contributed by atoms with Gasteiger partial charge in [0.15, 0.2) is 11.7 Å². The van der Waals surface area contributed by atoms with Crippen molar-refractivity contribution >= 4 is 17.3 Å². The maximum absolute atomic E-state index is 12.5. The van der Waals surface area contributed by atoms with E-state index in [1.807, 2.05) is 11.8 Å². The largest absolute Gasteiger partial charge is 0.434 e. The molecule has 0 aromatic carbocycles. The van der Waals surface area contributed by atoms with Gasteiger partial charge in [-0.05, 0) is 19.8 Å². The minimum absolute atomic E-state index is 0.113. The molecular weight excluding hydrogens is 317 g/mol. The lowest BCUT2D eigenvalue weighted by molar-refractivity contribution is -0.140. The Labute approximate surface area is 130 Å². The zero-order chi connectivity index (χ0) is 16.2. The molecule has 124 valence electrons. The number of nitrogens with zero attached hydrogens (tertiary/aromatic N) is 3. The van der Waals surface area contributed by atoms with Crippen LogP contribution in [0.5, 0.6) is 0 Å². The van der Waals surface area contributed by atoms with E-state index in [-0.39, 0.29) is 12.6 Å². The number of halogens is 3. The molecule has 0 radical (unpaired) electrons. The van der Waals surface area contributed by atoms with Gasteiger partial charge in [0.2, 0.25) is 0 Å². The Bertz CT molecular complexity index is 510. The van der Waals surface area contributed by atoms with E-state index in [4.69, 9.17) is 0 Å². The number of nitrogens with one attached hydrogen (secondary N) is 1. The zero-order valence-corrected chi connectivity index (χ0v) is 13.0. The van der Waals surface area contributed by atoms with Crippen molar-refractivity contribution in [3.63, 3.8) is 0 Å². The summed E-state index contributed by atoms with van der Waals surface area (Å²) in [5.41, 5.74) is -0.867. The van der Waals surface area contributed by atoms with Gasteiger partial charge >= 0.3 is 6.18 Å². The van der Waals surface area contributed by atoms with Crippen molar-refractivity contribution < 1.29 is 18.3 Å². The minimum atomic E-state index is -4.41. The van der Waals surface area contributed by atoms with Gasteiger partial charge in [0.05, 0.1) is 12.6 Å². The summed E-state index contributed by atoms with van der Waals surface area (Å²) in [6, 6.07) is 0. The van der Waals surface area contributed by atoms with E-state index in [0.717, 1.165) is 16.7 Å². The third kappa shape index (κ3) is 4.57. The first-order chi connectivity index (χ1) is 10.4. The number of guanidine groups is 1. The monoisotopic (exact) mass is 336 g/mol. The van der Waals surface area contributed by atoms with Crippen molar-refractivity contribution in [2.24, 2.45) is 4.99 Å². The molecule has 1 aliphatic rings. The molecule has 22 heavy (non-hydrogen) atoms. The Kier molecular flexibility index (Phi) is 5.63. The fraction of sp³-hybridized carbons (Fsp3) is 0.692. The topological polar surface area (TPSA) is 60.8 Å². The van der Waals surface area contributed by atoms with Gasteiger partial charge in [-0.1, -0.05) is 0 Å². The van der Waals surface area contributed by atoms with E-state index in [1.165, 1.54) is 0 Å². The lowest BCUT2D eigenvalue weighted by atomic mass is 10.1. The Morgan fingerprint density at radius 1 is 1.50 bits per heavy atom. The number of hydrogen-bond acceptors (Lipinski definition) is 4. The molecule has 1 aromatic heterocycles. The summed E-state index contributed by atoms with van der Waals surface area (Å²) in [6.07, 6.45) is -3.36. The van der Waals surface area contributed by atoms with Crippen LogP contribution in [0.15, 0.2) is 10.4 Å². The van der Waals surface area contributed by atoms with E-state index < -0.39 is 11.9 Å². The maximum Gasteiger partial charge on any atom is 0.434 e. The van der Waals surface area contributed by atoms with Crippen LogP contribution in [0.2, 0.25) is 0 Å². The van der Waals surface area contributed by atoms with E-state index in [2.05, 4.69) is 15.3 Å². The summed E-state index contributed by atoms with van der Waals surface area (Å²) >= 11 is 0.959. The average molecular weight is 336 g/mol. The molecule has 0 spiro atoms. The number of piperidine rings is 1. The summed E-state index contributed by atoms with van der Waals surface area (Å²) < 4.78 is 37.5. The predicted octanol–water partition coefficient (Wildman–Crippen LogP) is 2.08. The van der Waals surface area contributed by atoms with Crippen LogP contribution < -0.4 is 5.32 Å². The molecule has 1 aliphatic heterocycles. The van der Waals surface area contributed by atoms with Crippen molar-refractivity contribution in [1.82, 2.24) is 15.2 Å². The van der Waals surface area contributed by atoms with Crippen LogP contribution in [0.25, 0.3) is 0 Å². The number of aliphatic hydroxyl groups is 1. The number of rotatable bonds is 3. The first kappa shape index (κ1) is 17.0. The molecule has 0 atom stereocenters. The van der Waals surface area contributed by atoms with Gasteiger partial charge in [0.1, 0.15) is 5.01 Å². The Morgan fingerprint density at radius 3 is 2.73 bits per heavy atom. The number of thiazole rings is 1. The molecule has 2 rings (SSSR count). The highest BCUT2D eigenvalue weighted by Crippen LogP contribution is 2.30. The number of likely N-dealkylation sites (tertiary alicyclic amines) is 1. The number of hydrogen-bond donors (Lipinski definition) is 2. The van der Waals surface area contributed by atoms with Crippen LogP contribution in [-0.4, -0.2) is 46.7 Å². The van der Waals surface area contributed by atoms with Crippen LogP contribution in [0.4, 0.5) is 13.2 Å². The fourth-order valence-corrected chi connectivity index (χ4v) is 2.88. The molecule has 0 bridgehead atoms. The Hall–Kier alpha value is -1.35. The maximum atomic E-state index is 12.5. The SMILES string of the molecule is CCNC(=NCc1nc(C(F)(F)F)cs1)N1CCC(O)CC1. The van der Waals surface area contributed by atoms with Gasteiger partial charge in [0.25, 0.3) is 0 Å². The number of alkyl halides is 3. The second-order valence-electron chi connectivity index (χ2n) is 5.01. The van der Waals surface area contributed by atoms with Crippen LogP contribution in [0, 0.1) is 0 Å². The number of aliphatic hydroxyl groups excluding tert-OH is 1. The zero-order valence-electron chi connectivity index (χ0n) is 12.2. The van der Waals surface area contributed by atoms with Gasteiger partial charge in [0, 0.05) is 25.0 Å². The standard InChI is InChI=1S/C13H19F3N4OS/c1-2-17-12(20-5-3-9(21)4-6-20)18-7-11-19-10(8-22-11)13(14,15)16/h8-9,21H,2-7H2,1H3,(H,17,18). The first-order valence-corrected chi connectivity index (χ1v) is 8.01. The smallest absolute Gasteiger partial charge is 0.393 e. The van der Waals surface area contributed by atoms with Gasteiger partial charge in [-0.15, -0.1) is 11.3 Å². The minimum Gasteiger partial charge on any atom is -0.393 e. The summed E-state index contributed by atoms with van der Waals surface area (Å²) in [5, 5.41) is 14.0. The van der Waals surface area contributed by atoms with Gasteiger partial charge in [-0.25, -0.2) is 9.98 Å². The molecule has 0 aliphatic carbocycles. The molecule has 5 nitrogen and oxygen atoms in total. The van der Waals surface area contributed by atoms with Crippen LogP contribution in [-0.2, 0) is 12.7 Å². The quantitative estimate of drug-likeness (QED) is 0.655. The van der Waals surface area contributed by atoms with E-state index in [9.17, 15) is 18.3 Å². The van der Waals surface area contributed by atoms with Crippen molar-refractivity contribution in [1.29, 1.82) is 0 Å². The van der Waals surface area contributed by atoms with Crippen molar-refractivity contribution in [3.05, 3.63) is 16.1 Å². The molecule has 0 unspecified atom stereocenters. The first-order valence-electron chi connectivity index (χ1n) is 7.13. The second kappa shape index (κ2) is 7.28. The lowest BCUT2D eigenvalue weighted by Gasteiger charge is -2.32. The summed E-state index contributed by atoms with van der Waals surface area (Å²) in [5.74, 6) is 0.651. The molecule has 1 saturated heterocycles. The Balaban J connectivity index is 2.02. The molecule has 1 aromatic rings. The highest BCUT2D eigenvalue weighted by Gasteiger charge is 2.33. The van der Waals surface area contributed by atoms with Gasteiger partial charge in [-0.2, -0.15) is 13.2 Å². The molecule has 1 fully saturated rings. The third-order valence-corrected chi connectivity index (χ3v) is 4.14. The van der Waals surface area contributed by atoms with Gasteiger partial charge < -0.3 is 15.3 Å². The molecule has 0 amide bonds. The van der Waals surface area contributed by atoms with E-state index >= 15 is 0 Å². The fourth-order valence-electron chi connectivity index (χ4n) is 2.16. The molecule has 2 heterocycles. The number of aromatic nitrogens is 1. The van der Waals surface area contributed by atoms with Gasteiger partial charge in [-0.3, -0.25) is 0 Å². The third-order valence-electron chi connectivity index (χ3n) is 3.31.